The van der Waals surface area contributed by atoms with Gasteiger partial charge in [0, 0.05) is 5.56 Å². The Hall–Kier alpha value is -1.53. The normalized spacial score (nSPS) is 11.5. The second kappa shape index (κ2) is 3.56. The Morgan fingerprint density at radius 1 is 1.20 bits per heavy atom. The summed E-state index contributed by atoms with van der Waals surface area (Å²) >= 11 is 0. The summed E-state index contributed by atoms with van der Waals surface area (Å²) in [5.41, 5.74) is -1.13. The fraction of sp³-hybridized carbons (Fsp3) is 0.250. The number of nitro groups is 1. The first-order chi connectivity index (χ1) is 6.73. The summed E-state index contributed by atoms with van der Waals surface area (Å²) in [6.07, 6.45) is 0. The standard InChI is InChI=1S/C8H8BF3NO2/c1-5-3-6(2)8(13(14)15)4-7(5)9(10,11)12/h3-4H,1-2H3/q-1. The van der Waals surface area contributed by atoms with Gasteiger partial charge in [0.25, 0.3) is 5.69 Å². The summed E-state index contributed by atoms with van der Waals surface area (Å²) in [5, 5.41) is 10.5. The minimum Gasteiger partial charge on any atom is -0.445 e. The quantitative estimate of drug-likeness (QED) is 0.434. The lowest BCUT2D eigenvalue weighted by Crippen LogP contribution is -2.36. The fourth-order valence-corrected chi connectivity index (χ4v) is 1.41. The Labute approximate surface area is 84.1 Å². The van der Waals surface area contributed by atoms with Gasteiger partial charge in [-0.25, -0.2) is 0 Å². The van der Waals surface area contributed by atoms with Gasteiger partial charge in [-0.2, -0.15) is 0 Å². The lowest BCUT2D eigenvalue weighted by atomic mass is 9.76. The number of benzene rings is 1. The summed E-state index contributed by atoms with van der Waals surface area (Å²) in [6.45, 7) is -2.49. The number of hydrogen-bond acceptors (Lipinski definition) is 2. The molecule has 7 heteroatoms. The van der Waals surface area contributed by atoms with E-state index in [2.05, 4.69) is 0 Å². The Bertz CT molecular complexity index is 417. The Kier molecular flexibility index (Phi) is 2.74. The van der Waals surface area contributed by atoms with Crippen molar-refractivity contribution in [1.29, 1.82) is 0 Å². The molecule has 0 unspecified atom stereocenters. The van der Waals surface area contributed by atoms with Crippen molar-refractivity contribution < 1.29 is 17.9 Å². The molecule has 0 aromatic heterocycles. The molecule has 0 N–H and O–H groups in total. The molecule has 0 saturated heterocycles. The van der Waals surface area contributed by atoms with Crippen LogP contribution in [0.1, 0.15) is 11.1 Å². The number of rotatable bonds is 2. The van der Waals surface area contributed by atoms with Gasteiger partial charge in [0.1, 0.15) is 0 Å². The van der Waals surface area contributed by atoms with E-state index in [1.807, 2.05) is 0 Å². The Balaban J connectivity index is 3.43. The highest BCUT2D eigenvalue weighted by Gasteiger charge is 2.29. The predicted octanol–water partition coefficient (Wildman–Crippen LogP) is 2.27. The summed E-state index contributed by atoms with van der Waals surface area (Å²) in [6, 6.07) is 1.79. The Morgan fingerprint density at radius 2 is 1.73 bits per heavy atom. The molecule has 0 spiro atoms. The van der Waals surface area contributed by atoms with Crippen LogP contribution in [-0.2, 0) is 0 Å². The highest BCUT2D eigenvalue weighted by molar-refractivity contribution is 6.74. The van der Waals surface area contributed by atoms with E-state index in [1.165, 1.54) is 19.9 Å². The molecule has 0 heterocycles. The predicted molar refractivity (Wildman–Crippen MR) is 51.3 cm³/mol. The molecule has 3 nitrogen and oxygen atoms in total. The largest absolute Gasteiger partial charge is 0.510 e. The molecule has 0 aliphatic carbocycles. The maximum absolute atomic E-state index is 12.5. The van der Waals surface area contributed by atoms with Gasteiger partial charge in [0.2, 0.25) is 0 Å². The van der Waals surface area contributed by atoms with Crippen molar-refractivity contribution in [3.05, 3.63) is 33.4 Å². The molecule has 15 heavy (non-hydrogen) atoms. The first kappa shape index (κ1) is 11.5. The van der Waals surface area contributed by atoms with Gasteiger partial charge in [0.15, 0.2) is 0 Å². The van der Waals surface area contributed by atoms with Crippen LogP contribution in [-0.4, -0.2) is 11.9 Å². The first-order valence-corrected chi connectivity index (χ1v) is 4.19. The number of nitro benzene ring substituents is 1. The minimum absolute atomic E-state index is 0.0191. The van der Waals surface area contributed by atoms with Crippen LogP contribution in [0.4, 0.5) is 18.6 Å². The van der Waals surface area contributed by atoms with Crippen molar-refractivity contribution in [3.8, 4) is 0 Å². The molecular formula is C8H8BF3NO2-. The van der Waals surface area contributed by atoms with Crippen LogP contribution in [0.15, 0.2) is 12.1 Å². The zero-order valence-electron chi connectivity index (χ0n) is 8.13. The van der Waals surface area contributed by atoms with Gasteiger partial charge in [-0.15, -0.1) is 0 Å². The van der Waals surface area contributed by atoms with E-state index in [0.717, 1.165) is 0 Å². The van der Waals surface area contributed by atoms with E-state index in [1.54, 1.807) is 0 Å². The molecule has 0 aliphatic rings. The van der Waals surface area contributed by atoms with Gasteiger partial charge in [0.05, 0.1) is 4.92 Å². The van der Waals surface area contributed by atoms with E-state index in [-0.39, 0.29) is 11.1 Å². The highest BCUT2D eigenvalue weighted by Crippen LogP contribution is 2.21. The van der Waals surface area contributed by atoms with Gasteiger partial charge in [-0.3, -0.25) is 10.1 Å². The van der Waals surface area contributed by atoms with Gasteiger partial charge in [-0.1, -0.05) is 17.1 Å². The number of hydrogen-bond donors (Lipinski definition) is 0. The molecule has 82 valence electrons. The van der Waals surface area contributed by atoms with E-state index in [0.29, 0.717) is 6.07 Å². The van der Waals surface area contributed by atoms with Gasteiger partial charge in [-0.05, 0) is 19.9 Å². The fourth-order valence-electron chi connectivity index (χ4n) is 1.41. The summed E-state index contributed by atoms with van der Waals surface area (Å²) in [5.74, 6) is 0. The van der Waals surface area contributed by atoms with Crippen molar-refractivity contribution in [2.45, 2.75) is 13.8 Å². The van der Waals surface area contributed by atoms with Crippen LogP contribution >= 0.6 is 0 Å². The average Bonchev–Trinajstić information content (AvgIpc) is 2.00. The number of halogens is 3. The molecule has 1 rings (SSSR count). The van der Waals surface area contributed by atoms with Crippen LogP contribution in [0, 0.1) is 24.0 Å². The van der Waals surface area contributed by atoms with Crippen molar-refractivity contribution in [2.75, 3.05) is 0 Å². The molecule has 0 radical (unpaired) electrons. The second-order valence-corrected chi connectivity index (χ2v) is 3.33. The monoisotopic (exact) mass is 218 g/mol. The molecule has 0 amide bonds. The summed E-state index contributed by atoms with van der Waals surface area (Å²) < 4.78 is 37.4. The molecule has 1 aromatic carbocycles. The third kappa shape index (κ3) is 2.29. The third-order valence-electron chi connectivity index (χ3n) is 2.13. The second-order valence-electron chi connectivity index (χ2n) is 3.33. The van der Waals surface area contributed by atoms with Crippen molar-refractivity contribution in [2.24, 2.45) is 0 Å². The lowest BCUT2D eigenvalue weighted by molar-refractivity contribution is -0.385. The highest BCUT2D eigenvalue weighted by atomic mass is 19.4. The molecule has 0 fully saturated rings. The molecule has 1 aromatic rings. The van der Waals surface area contributed by atoms with Crippen LogP contribution in [0.5, 0.6) is 0 Å². The zero-order chi connectivity index (χ0) is 11.8. The van der Waals surface area contributed by atoms with Crippen molar-refractivity contribution in [1.82, 2.24) is 0 Å². The van der Waals surface area contributed by atoms with Crippen LogP contribution in [0.2, 0.25) is 0 Å². The maximum atomic E-state index is 12.5. The van der Waals surface area contributed by atoms with Gasteiger partial charge >= 0.3 is 6.98 Å². The van der Waals surface area contributed by atoms with E-state index in [9.17, 15) is 23.1 Å². The van der Waals surface area contributed by atoms with Gasteiger partial charge < -0.3 is 12.9 Å². The lowest BCUT2D eigenvalue weighted by Gasteiger charge is -2.18. The molecular weight excluding hydrogens is 210 g/mol. The summed E-state index contributed by atoms with van der Waals surface area (Å²) in [7, 11) is 0. The van der Waals surface area contributed by atoms with E-state index in [4.69, 9.17) is 0 Å². The first-order valence-electron chi connectivity index (χ1n) is 4.19. The topological polar surface area (TPSA) is 43.1 Å². The number of aryl methyl sites for hydroxylation is 2. The molecule has 0 saturated carbocycles. The molecule has 0 atom stereocenters. The van der Waals surface area contributed by atoms with E-state index >= 15 is 0 Å². The SMILES string of the molecule is Cc1cc(C)c([B-](F)(F)F)cc1[N+](=O)[O-]. The number of nitrogens with zero attached hydrogens (tertiary/aromatic N) is 1. The van der Waals surface area contributed by atoms with Crippen LogP contribution < -0.4 is 5.46 Å². The summed E-state index contributed by atoms with van der Waals surface area (Å²) in [4.78, 5) is 9.65. The van der Waals surface area contributed by atoms with Crippen LogP contribution in [0.25, 0.3) is 0 Å². The maximum Gasteiger partial charge on any atom is 0.510 e. The van der Waals surface area contributed by atoms with Crippen molar-refractivity contribution >= 4 is 18.1 Å². The smallest absolute Gasteiger partial charge is 0.445 e. The Morgan fingerprint density at radius 3 is 2.13 bits per heavy atom. The zero-order valence-corrected chi connectivity index (χ0v) is 8.13. The third-order valence-corrected chi connectivity index (χ3v) is 2.13. The molecule has 0 bridgehead atoms. The van der Waals surface area contributed by atoms with Crippen molar-refractivity contribution in [3.63, 3.8) is 0 Å². The average molecular weight is 218 g/mol. The molecule has 0 aliphatic heterocycles. The van der Waals surface area contributed by atoms with Crippen LogP contribution in [0.3, 0.4) is 0 Å². The van der Waals surface area contributed by atoms with E-state index < -0.39 is 23.1 Å². The minimum atomic E-state index is -5.20.